The van der Waals surface area contributed by atoms with E-state index < -0.39 is 0 Å². The van der Waals surface area contributed by atoms with E-state index in [0.29, 0.717) is 0 Å². The van der Waals surface area contributed by atoms with Crippen molar-refractivity contribution in [3.63, 3.8) is 0 Å². The molecule has 1 heterocycles. The van der Waals surface area contributed by atoms with Gasteiger partial charge in [-0.3, -0.25) is 0 Å². The van der Waals surface area contributed by atoms with Crippen molar-refractivity contribution in [2.24, 2.45) is 5.73 Å². The molecule has 0 aromatic heterocycles. The Labute approximate surface area is 120 Å². The van der Waals surface area contributed by atoms with Gasteiger partial charge in [0.05, 0.1) is 23.4 Å². The second kappa shape index (κ2) is 6.60. The lowest BCUT2D eigenvalue weighted by Crippen LogP contribution is -2.41. The van der Waals surface area contributed by atoms with Gasteiger partial charge in [0.15, 0.2) is 0 Å². The number of anilines is 1. The summed E-state index contributed by atoms with van der Waals surface area (Å²) in [4.78, 5) is 2.29. The summed E-state index contributed by atoms with van der Waals surface area (Å²) in [6, 6.07) is 6.51. The average molecular weight is 283 g/mol. The lowest BCUT2D eigenvalue weighted by Gasteiger charge is -2.33. The quantitative estimate of drug-likeness (QED) is 0.923. The Morgan fingerprint density at radius 2 is 2.32 bits per heavy atom. The molecule has 1 aromatic carbocycles. The van der Waals surface area contributed by atoms with Crippen molar-refractivity contribution in [3.8, 4) is 0 Å². The Morgan fingerprint density at radius 3 is 2.95 bits per heavy atom. The first-order chi connectivity index (χ1) is 9.10. The standard InChI is InChI=1S/C15H23ClN2O/c1-3-13(17)8-12-4-5-15(14(16)9-12)18-6-7-19-11(2)10-18/h4-5,9,11,13H,3,6-8,10,17H2,1-2H3. The zero-order chi connectivity index (χ0) is 13.8. The van der Waals surface area contributed by atoms with Crippen molar-refractivity contribution in [1.82, 2.24) is 0 Å². The number of ether oxygens (including phenoxy) is 1. The molecule has 0 spiro atoms. The predicted molar refractivity (Wildman–Crippen MR) is 81.0 cm³/mol. The van der Waals surface area contributed by atoms with Crippen LogP contribution < -0.4 is 10.6 Å². The van der Waals surface area contributed by atoms with Gasteiger partial charge in [-0.1, -0.05) is 24.6 Å². The van der Waals surface area contributed by atoms with E-state index in [1.807, 2.05) is 6.07 Å². The van der Waals surface area contributed by atoms with E-state index in [1.165, 1.54) is 5.56 Å². The number of benzene rings is 1. The monoisotopic (exact) mass is 282 g/mol. The number of hydrogen-bond donors (Lipinski definition) is 1. The molecule has 0 radical (unpaired) electrons. The summed E-state index contributed by atoms with van der Waals surface area (Å²) in [6.45, 7) is 6.76. The Hall–Kier alpha value is -0.770. The minimum atomic E-state index is 0.213. The topological polar surface area (TPSA) is 38.5 Å². The van der Waals surface area contributed by atoms with E-state index in [1.54, 1.807) is 0 Å². The van der Waals surface area contributed by atoms with Gasteiger partial charge in [0.25, 0.3) is 0 Å². The van der Waals surface area contributed by atoms with Crippen LogP contribution in [-0.4, -0.2) is 31.8 Å². The minimum absolute atomic E-state index is 0.213. The maximum absolute atomic E-state index is 6.41. The van der Waals surface area contributed by atoms with Gasteiger partial charge in [0, 0.05) is 19.1 Å². The van der Waals surface area contributed by atoms with Crippen molar-refractivity contribution in [1.29, 1.82) is 0 Å². The highest BCUT2D eigenvalue weighted by molar-refractivity contribution is 6.33. The van der Waals surface area contributed by atoms with E-state index in [9.17, 15) is 0 Å². The summed E-state index contributed by atoms with van der Waals surface area (Å²) in [5, 5.41) is 0.815. The van der Waals surface area contributed by atoms with Gasteiger partial charge in [-0.25, -0.2) is 0 Å². The van der Waals surface area contributed by atoms with Gasteiger partial charge in [-0.05, 0) is 37.5 Å². The van der Waals surface area contributed by atoms with Crippen LogP contribution in [0.15, 0.2) is 18.2 Å². The second-order valence-corrected chi connectivity index (χ2v) is 5.69. The molecule has 1 saturated heterocycles. The number of rotatable bonds is 4. The fourth-order valence-corrected chi connectivity index (χ4v) is 2.74. The molecule has 106 valence electrons. The maximum atomic E-state index is 6.41. The first-order valence-electron chi connectivity index (χ1n) is 7.00. The SMILES string of the molecule is CCC(N)Cc1ccc(N2CCOC(C)C2)c(Cl)c1. The van der Waals surface area contributed by atoms with Crippen LogP contribution in [0.2, 0.25) is 5.02 Å². The molecule has 1 aliphatic rings. The molecule has 1 aromatic rings. The van der Waals surface area contributed by atoms with Gasteiger partial charge in [0.2, 0.25) is 0 Å². The molecule has 0 bridgehead atoms. The Balaban J connectivity index is 2.10. The van der Waals surface area contributed by atoms with E-state index in [-0.39, 0.29) is 12.1 Å². The van der Waals surface area contributed by atoms with Crippen molar-refractivity contribution in [2.75, 3.05) is 24.6 Å². The molecule has 0 saturated carbocycles. The molecular weight excluding hydrogens is 260 g/mol. The molecule has 0 amide bonds. The second-order valence-electron chi connectivity index (χ2n) is 5.29. The van der Waals surface area contributed by atoms with Crippen molar-refractivity contribution in [2.45, 2.75) is 38.8 Å². The van der Waals surface area contributed by atoms with E-state index >= 15 is 0 Å². The average Bonchev–Trinajstić information content (AvgIpc) is 2.38. The van der Waals surface area contributed by atoms with E-state index in [4.69, 9.17) is 22.1 Å². The van der Waals surface area contributed by atoms with Crippen LogP contribution in [0.4, 0.5) is 5.69 Å². The largest absolute Gasteiger partial charge is 0.375 e. The molecule has 0 aliphatic carbocycles. The third-order valence-corrected chi connectivity index (χ3v) is 3.92. The first-order valence-corrected chi connectivity index (χ1v) is 7.38. The van der Waals surface area contributed by atoms with Crippen molar-refractivity contribution in [3.05, 3.63) is 28.8 Å². The molecular formula is C15H23ClN2O. The maximum Gasteiger partial charge on any atom is 0.0722 e. The lowest BCUT2D eigenvalue weighted by molar-refractivity contribution is 0.0532. The van der Waals surface area contributed by atoms with Gasteiger partial charge in [-0.15, -0.1) is 0 Å². The summed E-state index contributed by atoms with van der Waals surface area (Å²) < 4.78 is 5.56. The van der Waals surface area contributed by atoms with Crippen LogP contribution in [0.1, 0.15) is 25.8 Å². The van der Waals surface area contributed by atoms with Crippen LogP contribution in [0.5, 0.6) is 0 Å². The molecule has 3 nitrogen and oxygen atoms in total. The zero-order valence-corrected chi connectivity index (χ0v) is 12.5. The number of hydrogen-bond acceptors (Lipinski definition) is 3. The summed E-state index contributed by atoms with van der Waals surface area (Å²) in [7, 11) is 0. The first kappa shape index (κ1) is 14.6. The number of morpholine rings is 1. The van der Waals surface area contributed by atoms with Crippen LogP contribution in [0, 0.1) is 0 Å². The van der Waals surface area contributed by atoms with Crippen LogP contribution in [0.3, 0.4) is 0 Å². The minimum Gasteiger partial charge on any atom is -0.375 e. The molecule has 2 atom stereocenters. The zero-order valence-electron chi connectivity index (χ0n) is 11.7. The fourth-order valence-electron chi connectivity index (χ4n) is 2.42. The van der Waals surface area contributed by atoms with Crippen LogP contribution in [-0.2, 0) is 11.2 Å². The molecule has 1 aliphatic heterocycles. The van der Waals surface area contributed by atoms with Gasteiger partial charge >= 0.3 is 0 Å². The fraction of sp³-hybridized carbons (Fsp3) is 0.600. The smallest absolute Gasteiger partial charge is 0.0722 e. The highest BCUT2D eigenvalue weighted by Gasteiger charge is 2.19. The van der Waals surface area contributed by atoms with Gasteiger partial charge < -0.3 is 15.4 Å². The van der Waals surface area contributed by atoms with E-state index in [2.05, 4.69) is 30.9 Å². The Morgan fingerprint density at radius 1 is 1.53 bits per heavy atom. The molecule has 2 N–H and O–H groups in total. The summed E-state index contributed by atoms with van der Waals surface area (Å²) in [5.74, 6) is 0. The molecule has 1 fully saturated rings. The summed E-state index contributed by atoms with van der Waals surface area (Å²) in [5.41, 5.74) is 8.30. The third-order valence-electron chi connectivity index (χ3n) is 3.62. The highest BCUT2D eigenvalue weighted by Crippen LogP contribution is 2.28. The number of nitrogens with zero attached hydrogens (tertiary/aromatic N) is 1. The molecule has 2 unspecified atom stereocenters. The van der Waals surface area contributed by atoms with Crippen molar-refractivity contribution < 1.29 is 4.74 Å². The summed E-state index contributed by atoms with van der Waals surface area (Å²) >= 11 is 6.41. The van der Waals surface area contributed by atoms with Crippen molar-refractivity contribution >= 4 is 17.3 Å². The lowest BCUT2D eigenvalue weighted by atomic mass is 10.0. The third kappa shape index (κ3) is 3.85. The van der Waals surface area contributed by atoms with Crippen LogP contribution in [0.25, 0.3) is 0 Å². The van der Waals surface area contributed by atoms with Gasteiger partial charge in [-0.2, -0.15) is 0 Å². The van der Waals surface area contributed by atoms with Gasteiger partial charge in [0.1, 0.15) is 0 Å². The normalized spacial score (nSPS) is 21.5. The number of halogens is 1. The summed E-state index contributed by atoms with van der Waals surface area (Å²) in [6.07, 6.45) is 2.13. The Bertz CT molecular complexity index is 425. The molecule has 2 rings (SSSR count). The molecule has 19 heavy (non-hydrogen) atoms. The van der Waals surface area contributed by atoms with E-state index in [0.717, 1.165) is 43.2 Å². The molecule has 4 heteroatoms. The Kier molecular flexibility index (Phi) is 5.08. The highest BCUT2D eigenvalue weighted by atomic mass is 35.5. The number of nitrogens with two attached hydrogens (primary N) is 1. The van der Waals surface area contributed by atoms with Crippen LogP contribution >= 0.6 is 11.6 Å². The predicted octanol–water partition coefficient (Wildman–Crippen LogP) is 2.84.